The van der Waals surface area contributed by atoms with Crippen molar-refractivity contribution in [2.24, 2.45) is 11.8 Å². The van der Waals surface area contributed by atoms with E-state index < -0.39 is 0 Å². The van der Waals surface area contributed by atoms with Gasteiger partial charge in [-0.2, -0.15) is 0 Å². The average Bonchev–Trinajstić information content (AvgIpc) is 2.59. The minimum atomic E-state index is 0.622. The van der Waals surface area contributed by atoms with E-state index in [2.05, 4.69) is 62.1 Å². The third kappa shape index (κ3) is 6.66. The van der Waals surface area contributed by atoms with Gasteiger partial charge in [0.25, 0.3) is 0 Å². The molecule has 2 rings (SSSR count). The van der Waals surface area contributed by atoms with Gasteiger partial charge in [0.2, 0.25) is 0 Å². The van der Waals surface area contributed by atoms with Crippen LogP contribution in [0.3, 0.4) is 0 Å². The summed E-state index contributed by atoms with van der Waals surface area (Å²) >= 11 is 0. The number of benzene rings is 1. The lowest BCUT2D eigenvalue weighted by Crippen LogP contribution is -2.13. The van der Waals surface area contributed by atoms with E-state index in [0.29, 0.717) is 5.92 Å². The molecule has 1 aromatic carbocycles. The largest absolute Gasteiger partial charge is 0.0945 e. The van der Waals surface area contributed by atoms with Gasteiger partial charge in [0.1, 0.15) is 0 Å². The van der Waals surface area contributed by atoms with E-state index in [0.717, 1.165) is 11.5 Å². The Morgan fingerprint density at radius 2 is 1.74 bits per heavy atom. The highest BCUT2D eigenvalue weighted by atomic mass is 14.2. The first-order valence-corrected chi connectivity index (χ1v) is 9.60. The van der Waals surface area contributed by atoms with Crippen molar-refractivity contribution < 1.29 is 0 Å². The Bertz CT molecular complexity index is 515. The number of hydrogen-bond donors (Lipinski definition) is 0. The molecule has 0 aromatic heterocycles. The smallest absolute Gasteiger partial charge is 0.0245 e. The predicted molar refractivity (Wildman–Crippen MR) is 102 cm³/mol. The molecule has 1 aliphatic rings. The van der Waals surface area contributed by atoms with Gasteiger partial charge in [0.15, 0.2) is 0 Å². The molecule has 0 unspecified atom stereocenters. The van der Waals surface area contributed by atoms with Gasteiger partial charge in [-0.05, 0) is 55.7 Å². The Hall–Kier alpha value is -1.48. The summed E-state index contributed by atoms with van der Waals surface area (Å²) in [6.07, 6.45) is 16.3. The van der Waals surface area contributed by atoms with Crippen LogP contribution in [0, 0.1) is 23.7 Å². The van der Waals surface area contributed by atoms with Crippen LogP contribution in [0.5, 0.6) is 0 Å². The van der Waals surface area contributed by atoms with Gasteiger partial charge in [0.05, 0.1) is 0 Å². The molecule has 0 N–H and O–H groups in total. The van der Waals surface area contributed by atoms with Gasteiger partial charge in [-0.15, -0.1) is 0 Å². The van der Waals surface area contributed by atoms with E-state index >= 15 is 0 Å². The highest BCUT2D eigenvalue weighted by Crippen LogP contribution is 2.31. The molecule has 0 saturated heterocycles. The first-order valence-electron chi connectivity index (χ1n) is 9.60. The fourth-order valence-electron chi connectivity index (χ4n) is 3.41. The van der Waals surface area contributed by atoms with Gasteiger partial charge >= 0.3 is 0 Å². The zero-order valence-corrected chi connectivity index (χ0v) is 15.0. The van der Waals surface area contributed by atoms with Crippen molar-refractivity contribution in [1.29, 1.82) is 0 Å². The lowest BCUT2D eigenvalue weighted by Gasteiger charge is -2.25. The van der Waals surface area contributed by atoms with Gasteiger partial charge < -0.3 is 0 Å². The van der Waals surface area contributed by atoms with E-state index in [4.69, 9.17) is 0 Å². The average molecular weight is 309 g/mol. The maximum absolute atomic E-state index is 3.51. The third-order valence-electron chi connectivity index (χ3n) is 4.91. The number of hydrogen-bond acceptors (Lipinski definition) is 0. The van der Waals surface area contributed by atoms with Crippen LogP contribution in [-0.2, 0) is 0 Å². The van der Waals surface area contributed by atoms with Crippen molar-refractivity contribution in [3.63, 3.8) is 0 Å². The van der Waals surface area contributed by atoms with Crippen molar-refractivity contribution >= 4 is 6.08 Å². The first-order chi connectivity index (χ1) is 11.3. The van der Waals surface area contributed by atoms with Crippen LogP contribution in [0.4, 0.5) is 0 Å². The molecule has 0 heteroatoms. The molecule has 0 aliphatic heterocycles. The molecule has 0 atom stereocenters. The minimum Gasteiger partial charge on any atom is -0.0945 e. The fraction of sp³-hybridized carbons (Fsp3) is 0.565. The Morgan fingerprint density at radius 1 is 1.00 bits per heavy atom. The number of unbranched alkanes of at least 4 members (excludes halogenated alkanes) is 2. The lowest BCUT2D eigenvalue weighted by atomic mass is 9.80. The highest BCUT2D eigenvalue weighted by Gasteiger charge is 2.18. The van der Waals surface area contributed by atoms with Crippen molar-refractivity contribution in [2.45, 2.75) is 71.6 Å². The topological polar surface area (TPSA) is 0 Å². The summed E-state index contributed by atoms with van der Waals surface area (Å²) in [4.78, 5) is 0. The van der Waals surface area contributed by atoms with Crippen LogP contribution in [0.25, 0.3) is 6.08 Å². The molecule has 23 heavy (non-hydrogen) atoms. The van der Waals surface area contributed by atoms with Crippen LogP contribution >= 0.6 is 0 Å². The first kappa shape index (κ1) is 17.9. The monoisotopic (exact) mass is 308 g/mol. The van der Waals surface area contributed by atoms with Crippen LogP contribution in [0.15, 0.2) is 30.3 Å². The van der Waals surface area contributed by atoms with Crippen LogP contribution in [0.2, 0.25) is 0 Å². The molecule has 0 bridgehead atoms. The Kier molecular flexibility index (Phi) is 8.02. The van der Waals surface area contributed by atoms with Crippen LogP contribution in [0.1, 0.15) is 82.8 Å². The molecule has 1 fully saturated rings. The zero-order valence-electron chi connectivity index (χ0n) is 15.0. The maximum Gasteiger partial charge on any atom is 0.0245 e. The molecule has 124 valence electrons. The van der Waals surface area contributed by atoms with E-state index in [-0.39, 0.29) is 0 Å². The van der Waals surface area contributed by atoms with Gasteiger partial charge in [-0.3, -0.25) is 0 Å². The quantitative estimate of drug-likeness (QED) is 0.398. The summed E-state index contributed by atoms with van der Waals surface area (Å²) in [6, 6.07) is 8.69. The molecular weight excluding hydrogens is 276 g/mol. The predicted octanol–water partition coefficient (Wildman–Crippen LogP) is 6.85. The second kappa shape index (κ2) is 10.3. The van der Waals surface area contributed by atoms with E-state index in [1.54, 1.807) is 0 Å². The molecule has 0 heterocycles. The Labute approximate surface area is 143 Å². The fourth-order valence-corrected chi connectivity index (χ4v) is 3.41. The molecule has 1 aliphatic carbocycles. The van der Waals surface area contributed by atoms with Crippen molar-refractivity contribution in [3.8, 4) is 11.8 Å². The molecule has 0 spiro atoms. The normalized spacial score (nSPS) is 21.1. The summed E-state index contributed by atoms with van der Waals surface area (Å²) in [5.41, 5.74) is 2.44. The molecule has 0 nitrogen and oxygen atoms in total. The SMILES string of the molecule is CCCC/C=C/c1ccc(C#CC2CCC(CCC)CC2)cc1. The van der Waals surface area contributed by atoms with Crippen molar-refractivity contribution in [2.75, 3.05) is 0 Å². The summed E-state index contributed by atoms with van der Waals surface area (Å²) in [5.74, 6) is 8.49. The Balaban J connectivity index is 1.81. The summed E-state index contributed by atoms with van der Waals surface area (Å²) in [6.45, 7) is 4.53. The third-order valence-corrected chi connectivity index (χ3v) is 4.91. The summed E-state index contributed by atoms with van der Waals surface area (Å²) in [5, 5.41) is 0. The van der Waals surface area contributed by atoms with Gasteiger partial charge in [0, 0.05) is 11.5 Å². The van der Waals surface area contributed by atoms with Crippen molar-refractivity contribution in [3.05, 3.63) is 41.5 Å². The number of allylic oxidation sites excluding steroid dienone is 1. The molecule has 0 radical (unpaired) electrons. The number of rotatable bonds is 6. The lowest BCUT2D eigenvalue weighted by molar-refractivity contribution is 0.300. The van der Waals surface area contributed by atoms with Gasteiger partial charge in [-0.25, -0.2) is 0 Å². The van der Waals surface area contributed by atoms with E-state index in [9.17, 15) is 0 Å². The summed E-state index contributed by atoms with van der Waals surface area (Å²) < 4.78 is 0. The van der Waals surface area contributed by atoms with Crippen LogP contribution < -0.4 is 0 Å². The molecule has 1 saturated carbocycles. The minimum absolute atomic E-state index is 0.622. The van der Waals surface area contributed by atoms with Gasteiger partial charge in [-0.1, -0.05) is 75.7 Å². The molecular formula is C23H32. The van der Waals surface area contributed by atoms with E-state index in [1.165, 1.54) is 63.4 Å². The standard InChI is InChI=1S/C23H32/c1-3-5-6-7-9-21-12-16-23(17-13-21)19-18-22-14-10-20(8-4-2)11-15-22/h7,9,12-13,16-17,20,22H,3-6,8,10-11,14-15H2,1-2H3/b9-7+. The van der Waals surface area contributed by atoms with Crippen LogP contribution in [-0.4, -0.2) is 0 Å². The van der Waals surface area contributed by atoms with Crippen molar-refractivity contribution in [1.82, 2.24) is 0 Å². The molecule has 0 amide bonds. The maximum atomic E-state index is 3.51. The zero-order chi connectivity index (χ0) is 16.3. The second-order valence-electron chi connectivity index (χ2n) is 6.94. The van der Waals surface area contributed by atoms with E-state index in [1.807, 2.05) is 0 Å². The second-order valence-corrected chi connectivity index (χ2v) is 6.94. The summed E-state index contributed by atoms with van der Waals surface area (Å²) in [7, 11) is 0. The Morgan fingerprint density at radius 3 is 2.39 bits per heavy atom. The highest BCUT2D eigenvalue weighted by molar-refractivity contribution is 5.51. The molecule has 1 aromatic rings.